The first kappa shape index (κ1) is 16.3. The van der Waals surface area contributed by atoms with Crippen molar-refractivity contribution in [2.75, 3.05) is 33.3 Å². The minimum atomic E-state index is -0.259. The summed E-state index contributed by atoms with van der Waals surface area (Å²) in [5, 5.41) is 3.49. The van der Waals surface area contributed by atoms with Crippen molar-refractivity contribution in [1.29, 1.82) is 0 Å². The Morgan fingerprint density at radius 2 is 2.19 bits per heavy atom. The molecular weight excluding hydrogens is 288 g/mol. The molecule has 2 heterocycles. The third-order valence-corrected chi connectivity index (χ3v) is 4.54. The van der Waals surface area contributed by atoms with Crippen molar-refractivity contribution in [2.24, 2.45) is 11.8 Å². The highest BCUT2D eigenvalue weighted by Crippen LogP contribution is 2.27. The van der Waals surface area contributed by atoms with Gasteiger partial charge in [-0.15, -0.1) is 12.4 Å². The third-order valence-electron chi connectivity index (χ3n) is 4.54. The summed E-state index contributed by atoms with van der Waals surface area (Å²) in [5.74, 6) is 1.41. The molecule has 1 N–H and O–H groups in total. The van der Waals surface area contributed by atoms with E-state index in [0.29, 0.717) is 5.56 Å². The van der Waals surface area contributed by atoms with Gasteiger partial charge in [0.15, 0.2) is 0 Å². The lowest BCUT2D eigenvalue weighted by Crippen LogP contribution is -2.39. The molecular formula is C16H23ClN2O2. The van der Waals surface area contributed by atoms with E-state index < -0.39 is 0 Å². The number of ether oxygens (including phenoxy) is 1. The molecule has 21 heavy (non-hydrogen) atoms. The first-order chi connectivity index (χ1) is 9.76. The van der Waals surface area contributed by atoms with Crippen LogP contribution in [0.5, 0.6) is 0 Å². The van der Waals surface area contributed by atoms with Gasteiger partial charge in [-0.25, -0.2) is 4.79 Å². The van der Waals surface area contributed by atoms with E-state index in [1.165, 1.54) is 32.2 Å². The predicted octanol–water partition coefficient (Wildman–Crippen LogP) is 1.94. The van der Waals surface area contributed by atoms with Crippen molar-refractivity contribution in [1.82, 2.24) is 10.2 Å². The van der Waals surface area contributed by atoms with Gasteiger partial charge >= 0.3 is 5.97 Å². The van der Waals surface area contributed by atoms with Crippen molar-refractivity contribution in [3.05, 3.63) is 35.4 Å². The molecule has 1 aromatic rings. The standard InChI is InChI=1S/C16H22N2O2.ClH/c1-20-16(19)13-4-2-3-12(7-13)10-18-6-5-14-8-17-9-15(14)11-18;/h2-4,7,14-15,17H,5-6,8-11H2,1H3;1H. The second-order valence-electron chi connectivity index (χ2n) is 5.89. The average Bonchev–Trinajstić information content (AvgIpc) is 2.94. The molecule has 0 spiro atoms. The Morgan fingerprint density at radius 1 is 1.38 bits per heavy atom. The number of carbonyl (C=O) groups is 1. The van der Waals surface area contributed by atoms with Crippen LogP contribution in [0.1, 0.15) is 22.3 Å². The quantitative estimate of drug-likeness (QED) is 0.866. The molecule has 116 valence electrons. The number of rotatable bonds is 3. The number of esters is 1. The normalized spacial score (nSPS) is 25.0. The summed E-state index contributed by atoms with van der Waals surface area (Å²) in [6.45, 7) is 5.60. The average molecular weight is 311 g/mol. The molecule has 0 aromatic heterocycles. The van der Waals surface area contributed by atoms with Crippen molar-refractivity contribution in [3.63, 3.8) is 0 Å². The van der Waals surface area contributed by atoms with Crippen LogP contribution < -0.4 is 5.32 Å². The van der Waals surface area contributed by atoms with E-state index in [1.807, 2.05) is 18.2 Å². The Kier molecular flexibility index (Phi) is 5.62. The molecule has 2 fully saturated rings. The van der Waals surface area contributed by atoms with E-state index in [-0.39, 0.29) is 18.4 Å². The Bertz CT molecular complexity index is 495. The van der Waals surface area contributed by atoms with Gasteiger partial charge in [-0.2, -0.15) is 0 Å². The predicted molar refractivity (Wildman–Crippen MR) is 84.8 cm³/mol. The molecule has 1 aromatic carbocycles. The van der Waals surface area contributed by atoms with Gasteiger partial charge in [0.25, 0.3) is 0 Å². The lowest BCUT2D eigenvalue weighted by Gasteiger charge is -2.34. The zero-order valence-electron chi connectivity index (χ0n) is 12.4. The monoisotopic (exact) mass is 310 g/mol. The number of halogens is 1. The maximum absolute atomic E-state index is 11.6. The largest absolute Gasteiger partial charge is 0.465 e. The van der Waals surface area contributed by atoms with Gasteiger partial charge in [0.05, 0.1) is 12.7 Å². The maximum atomic E-state index is 11.6. The van der Waals surface area contributed by atoms with Gasteiger partial charge in [0.1, 0.15) is 0 Å². The number of methoxy groups -OCH3 is 1. The summed E-state index contributed by atoms with van der Waals surface area (Å²) in [7, 11) is 1.42. The lowest BCUT2D eigenvalue weighted by molar-refractivity contribution is 0.0600. The summed E-state index contributed by atoms with van der Waals surface area (Å²) >= 11 is 0. The molecule has 5 heteroatoms. The van der Waals surface area contributed by atoms with Crippen molar-refractivity contribution < 1.29 is 9.53 Å². The Labute approximate surface area is 132 Å². The van der Waals surface area contributed by atoms with E-state index in [4.69, 9.17) is 4.74 Å². The van der Waals surface area contributed by atoms with Crippen LogP contribution in [-0.4, -0.2) is 44.2 Å². The highest BCUT2D eigenvalue weighted by atomic mass is 35.5. The Balaban J connectivity index is 0.00000161. The molecule has 0 aliphatic carbocycles. The molecule has 2 saturated heterocycles. The van der Waals surface area contributed by atoms with Gasteiger partial charge in [0.2, 0.25) is 0 Å². The second-order valence-corrected chi connectivity index (χ2v) is 5.89. The minimum Gasteiger partial charge on any atom is -0.465 e. The number of benzene rings is 1. The molecule has 0 saturated carbocycles. The first-order valence-electron chi connectivity index (χ1n) is 7.36. The van der Waals surface area contributed by atoms with Crippen molar-refractivity contribution in [3.8, 4) is 0 Å². The zero-order chi connectivity index (χ0) is 13.9. The molecule has 0 amide bonds. The number of fused-ring (bicyclic) bond motifs is 1. The molecule has 2 aliphatic rings. The number of hydrogen-bond acceptors (Lipinski definition) is 4. The number of nitrogens with one attached hydrogen (secondary N) is 1. The van der Waals surface area contributed by atoms with E-state index in [2.05, 4.69) is 16.3 Å². The van der Waals surface area contributed by atoms with Crippen LogP contribution in [0.15, 0.2) is 24.3 Å². The highest BCUT2D eigenvalue weighted by molar-refractivity contribution is 5.89. The SMILES string of the molecule is COC(=O)c1cccc(CN2CCC3CNCC3C2)c1.Cl. The summed E-state index contributed by atoms with van der Waals surface area (Å²) < 4.78 is 4.78. The lowest BCUT2D eigenvalue weighted by atomic mass is 9.88. The fraction of sp³-hybridized carbons (Fsp3) is 0.562. The first-order valence-corrected chi connectivity index (χ1v) is 7.36. The van der Waals surface area contributed by atoms with E-state index in [0.717, 1.165) is 31.5 Å². The van der Waals surface area contributed by atoms with Crippen LogP contribution in [0.2, 0.25) is 0 Å². The summed E-state index contributed by atoms with van der Waals surface area (Å²) in [5.41, 5.74) is 1.83. The Morgan fingerprint density at radius 3 is 3.00 bits per heavy atom. The fourth-order valence-electron chi connectivity index (χ4n) is 3.43. The van der Waals surface area contributed by atoms with Crippen LogP contribution in [0, 0.1) is 11.8 Å². The van der Waals surface area contributed by atoms with E-state index in [1.54, 1.807) is 0 Å². The van der Waals surface area contributed by atoms with Crippen LogP contribution in [0.25, 0.3) is 0 Å². The number of hydrogen-bond donors (Lipinski definition) is 1. The highest BCUT2D eigenvalue weighted by Gasteiger charge is 2.32. The fourth-order valence-corrected chi connectivity index (χ4v) is 3.43. The number of carbonyl (C=O) groups excluding carboxylic acids is 1. The number of piperidine rings is 1. The van der Waals surface area contributed by atoms with Gasteiger partial charge in [-0.3, -0.25) is 4.90 Å². The molecule has 4 nitrogen and oxygen atoms in total. The zero-order valence-corrected chi connectivity index (χ0v) is 13.2. The Hall–Kier alpha value is -1.10. The van der Waals surface area contributed by atoms with Crippen LogP contribution in [0.3, 0.4) is 0 Å². The van der Waals surface area contributed by atoms with Crippen LogP contribution in [-0.2, 0) is 11.3 Å². The van der Waals surface area contributed by atoms with Gasteiger partial charge < -0.3 is 10.1 Å². The summed E-state index contributed by atoms with van der Waals surface area (Å²) in [4.78, 5) is 14.1. The molecule has 0 bridgehead atoms. The topological polar surface area (TPSA) is 41.6 Å². The second kappa shape index (κ2) is 7.25. The minimum absolute atomic E-state index is 0. The summed E-state index contributed by atoms with van der Waals surface area (Å²) in [6.07, 6.45) is 1.29. The smallest absolute Gasteiger partial charge is 0.337 e. The maximum Gasteiger partial charge on any atom is 0.337 e. The molecule has 2 unspecified atom stereocenters. The number of nitrogens with zero attached hydrogens (tertiary/aromatic N) is 1. The van der Waals surface area contributed by atoms with Crippen LogP contribution in [0.4, 0.5) is 0 Å². The molecule has 0 radical (unpaired) electrons. The van der Waals surface area contributed by atoms with E-state index >= 15 is 0 Å². The van der Waals surface area contributed by atoms with Gasteiger partial charge in [-0.05, 0) is 55.6 Å². The molecule has 2 atom stereocenters. The third kappa shape index (κ3) is 3.76. The van der Waals surface area contributed by atoms with Crippen molar-refractivity contribution >= 4 is 18.4 Å². The van der Waals surface area contributed by atoms with Gasteiger partial charge in [0, 0.05) is 13.1 Å². The van der Waals surface area contributed by atoms with Gasteiger partial charge in [-0.1, -0.05) is 12.1 Å². The molecule has 2 aliphatic heterocycles. The van der Waals surface area contributed by atoms with Crippen molar-refractivity contribution in [2.45, 2.75) is 13.0 Å². The number of likely N-dealkylation sites (tertiary alicyclic amines) is 1. The van der Waals surface area contributed by atoms with E-state index in [9.17, 15) is 4.79 Å². The van der Waals surface area contributed by atoms with Crippen LogP contribution >= 0.6 is 12.4 Å². The molecule has 3 rings (SSSR count). The summed E-state index contributed by atoms with van der Waals surface area (Å²) in [6, 6.07) is 7.78.